The number of benzene rings is 1. The lowest BCUT2D eigenvalue weighted by Crippen LogP contribution is -2.39. The van der Waals surface area contributed by atoms with Crippen LogP contribution < -0.4 is 5.73 Å². The average Bonchev–Trinajstić information content (AvgIpc) is 2.42. The molecular weight excluding hydrogens is 244 g/mol. The Bertz CT molecular complexity index is 425. The van der Waals surface area contributed by atoms with Crippen molar-refractivity contribution in [3.05, 3.63) is 34.9 Å². The molecule has 112 valence electrons. The highest BCUT2D eigenvalue weighted by molar-refractivity contribution is 5.29. The average molecular weight is 274 g/mol. The van der Waals surface area contributed by atoms with Gasteiger partial charge >= 0.3 is 0 Å². The van der Waals surface area contributed by atoms with E-state index < -0.39 is 0 Å². The Morgan fingerprint density at radius 3 is 2.75 bits per heavy atom. The fraction of sp³-hybridized carbons (Fsp3) is 0.667. The third-order valence-corrected chi connectivity index (χ3v) is 4.66. The Labute approximate surface area is 124 Å². The molecule has 0 bridgehead atoms. The number of hydrogen-bond acceptors (Lipinski definition) is 2. The van der Waals surface area contributed by atoms with E-state index in [1.807, 2.05) is 0 Å². The smallest absolute Gasteiger partial charge is 0.0236 e. The minimum Gasteiger partial charge on any atom is -0.328 e. The first-order valence-corrected chi connectivity index (χ1v) is 8.12. The first-order valence-electron chi connectivity index (χ1n) is 8.12. The molecule has 0 aliphatic carbocycles. The molecule has 1 saturated heterocycles. The fourth-order valence-electron chi connectivity index (χ4n) is 3.19. The molecule has 1 aliphatic rings. The molecule has 2 nitrogen and oxygen atoms in total. The quantitative estimate of drug-likeness (QED) is 0.885. The molecule has 1 heterocycles. The molecule has 1 aromatic rings. The number of nitrogens with two attached hydrogens (primary N) is 1. The normalized spacial score (nSPS) is 21.9. The number of hydrogen-bond donors (Lipinski definition) is 1. The Hall–Kier alpha value is -0.860. The Kier molecular flexibility index (Phi) is 5.62. The maximum absolute atomic E-state index is 5.93. The molecule has 0 aromatic heterocycles. The van der Waals surface area contributed by atoms with Gasteiger partial charge in [0.1, 0.15) is 0 Å². The van der Waals surface area contributed by atoms with Gasteiger partial charge in [-0.25, -0.2) is 0 Å². The van der Waals surface area contributed by atoms with Crippen molar-refractivity contribution < 1.29 is 0 Å². The Morgan fingerprint density at radius 1 is 1.25 bits per heavy atom. The van der Waals surface area contributed by atoms with Crippen molar-refractivity contribution in [1.82, 2.24) is 4.90 Å². The summed E-state index contributed by atoms with van der Waals surface area (Å²) < 4.78 is 0. The molecule has 0 amide bonds. The molecular formula is C18H30N2. The first-order chi connectivity index (χ1) is 9.56. The molecule has 0 saturated carbocycles. The standard InChI is InChI=1S/C18H30N2/c1-14-7-9-17(12-15(14)2)13-20-11-5-4-6-18(20)10-8-16(3)19/h7,9,12,16,18H,4-6,8,10-11,13,19H2,1-3H3. The van der Waals surface area contributed by atoms with Gasteiger partial charge in [-0.05, 0) is 69.7 Å². The summed E-state index contributed by atoms with van der Waals surface area (Å²) in [5.74, 6) is 0. The summed E-state index contributed by atoms with van der Waals surface area (Å²) in [7, 11) is 0. The van der Waals surface area contributed by atoms with Crippen LogP contribution in [0.4, 0.5) is 0 Å². The van der Waals surface area contributed by atoms with E-state index in [2.05, 4.69) is 43.9 Å². The molecule has 2 unspecified atom stereocenters. The van der Waals surface area contributed by atoms with E-state index in [1.165, 1.54) is 48.9 Å². The SMILES string of the molecule is Cc1ccc(CN2CCCCC2CCC(C)N)cc1C. The fourth-order valence-corrected chi connectivity index (χ4v) is 3.19. The predicted octanol–water partition coefficient (Wildman–Crippen LogP) is 3.79. The lowest BCUT2D eigenvalue weighted by atomic mass is 9.95. The topological polar surface area (TPSA) is 29.3 Å². The third-order valence-electron chi connectivity index (χ3n) is 4.66. The van der Waals surface area contributed by atoms with Crippen LogP contribution in [0.15, 0.2) is 18.2 Å². The van der Waals surface area contributed by atoms with Crippen LogP contribution in [0.2, 0.25) is 0 Å². The Morgan fingerprint density at radius 2 is 2.05 bits per heavy atom. The van der Waals surface area contributed by atoms with Crippen LogP contribution in [0, 0.1) is 13.8 Å². The third kappa shape index (κ3) is 4.32. The zero-order valence-electron chi connectivity index (χ0n) is 13.4. The Balaban J connectivity index is 1.98. The van der Waals surface area contributed by atoms with Gasteiger partial charge < -0.3 is 5.73 Å². The van der Waals surface area contributed by atoms with Gasteiger partial charge in [0.2, 0.25) is 0 Å². The minimum absolute atomic E-state index is 0.334. The van der Waals surface area contributed by atoms with Crippen molar-refractivity contribution in [3.8, 4) is 0 Å². The van der Waals surface area contributed by atoms with Crippen LogP contribution in [0.25, 0.3) is 0 Å². The molecule has 0 spiro atoms. The van der Waals surface area contributed by atoms with Crippen LogP contribution in [0.1, 0.15) is 55.7 Å². The molecule has 2 heteroatoms. The van der Waals surface area contributed by atoms with Gasteiger partial charge in [-0.1, -0.05) is 24.6 Å². The maximum atomic E-state index is 5.93. The molecule has 2 atom stereocenters. The van der Waals surface area contributed by atoms with Crippen LogP contribution >= 0.6 is 0 Å². The van der Waals surface area contributed by atoms with Gasteiger partial charge in [0.05, 0.1) is 0 Å². The van der Waals surface area contributed by atoms with Crippen LogP contribution in [-0.4, -0.2) is 23.5 Å². The van der Waals surface area contributed by atoms with E-state index in [-0.39, 0.29) is 0 Å². The van der Waals surface area contributed by atoms with E-state index >= 15 is 0 Å². The zero-order valence-corrected chi connectivity index (χ0v) is 13.4. The van der Waals surface area contributed by atoms with Crippen molar-refractivity contribution in [2.45, 2.75) is 71.5 Å². The van der Waals surface area contributed by atoms with Crippen molar-refractivity contribution >= 4 is 0 Å². The van der Waals surface area contributed by atoms with Gasteiger partial charge in [0.25, 0.3) is 0 Å². The van der Waals surface area contributed by atoms with E-state index in [0.29, 0.717) is 6.04 Å². The summed E-state index contributed by atoms with van der Waals surface area (Å²) in [6.45, 7) is 8.87. The van der Waals surface area contributed by atoms with Gasteiger partial charge in [0.15, 0.2) is 0 Å². The molecule has 2 rings (SSSR count). The van der Waals surface area contributed by atoms with Crippen molar-refractivity contribution in [3.63, 3.8) is 0 Å². The summed E-state index contributed by atoms with van der Waals surface area (Å²) in [6, 6.07) is 7.97. The second kappa shape index (κ2) is 7.24. The molecule has 20 heavy (non-hydrogen) atoms. The van der Waals surface area contributed by atoms with Gasteiger partial charge in [-0.3, -0.25) is 4.90 Å². The summed E-state index contributed by atoms with van der Waals surface area (Å²) in [5, 5.41) is 0. The van der Waals surface area contributed by atoms with Gasteiger partial charge in [0, 0.05) is 18.6 Å². The summed E-state index contributed by atoms with van der Waals surface area (Å²) in [5.41, 5.74) is 10.2. The number of likely N-dealkylation sites (tertiary alicyclic amines) is 1. The lowest BCUT2D eigenvalue weighted by molar-refractivity contribution is 0.129. The minimum atomic E-state index is 0.334. The maximum Gasteiger partial charge on any atom is 0.0236 e. The van der Waals surface area contributed by atoms with Crippen molar-refractivity contribution in [1.29, 1.82) is 0 Å². The number of piperidine rings is 1. The highest BCUT2D eigenvalue weighted by Gasteiger charge is 2.22. The number of rotatable bonds is 5. The van der Waals surface area contributed by atoms with Crippen molar-refractivity contribution in [2.75, 3.05) is 6.54 Å². The monoisotopic (exact) mass is 274 g/mol. The highest BCUT2D eigenvalue weighted by Crippen LogP contribution is 2.24. The number of aryl methyl sites for hydroxylation is 2. The van der Waals surface area contributed by atoms with Gasteiger partial charge in [-0.15, -0.1) is 0 Å². The second-order valence-electron chi connectivity index (χ2n) is 6.59. The van der Waals surface area contributed by atoms with Crippen LogP contribution in [0.5, 0.6) is 0 Å². The molecule has 0 radical (unpaired) electrons. The first kappa shape index (κ1) is 15.5. The van der Waals surface area contributed by atoms with Crippen LogP contribution in [0.3, 0.4) is 0 Å². The number of nitrogens with zero attached hydrogens (tertiary/aromatic N) is 1. The van der Waals surface area contributed by atoms with Gasteiger partial charge in [-0.2, -0.15) is 0 Å². The second-order valence-corrected chi connectivity index (χ2v) is 6.59. The molecule has 1 aromatic carbocycles. The zero-order chi connectivity index (χ0) is 14.5. The van der Waals surface area contributed by atoms with E-state index in [0.717, 1.165) is 19.0 Å². The van der Waals surface area contributed by atoms with E-state index in [9.17, 15) is 0 Å². The molecule has 1 aliphatic heterocycles. The summed E-state index contributed by atoms with van der Waals surface area (Å²) >= 11 is 0. The van der Waals surface area contributed by atoms with E-state index in [4.69, 9.17) is 5.73 Å². The summed E-state index contributed by atoms with van der Waals surface area (Å²) in [6.07, 6.45) is 6.47. The summed E-state index contributed by atoms with van der Waals surface area (Å²) in [4.78, 5) is 2.68. The predicted molar refractivity (Wildman–Crippen MR) is 86.8 cm³/mol. The van der Waals surface area contributed by atoms with Crippen molar-refractivity contribution in [2.24, 2.45) is 5.73 Å². The molecule has 1 fully saturated rings. The lowest BCUT2D eigenvalue weighted by Gasteiger charge is -2.36. The van der Waals surface area contributed by atoms with E-state index in [1.54, 1.807) is 0 Å². The highest BCUT2D eigenvalue weighted by atomic mass is 15.2. The largest absolute Gasteiger partial charge is 0.328 e. The molecule has 2 N–H and O–H groups in total. The van der Waals surface area contributed by atoms with Crippen LogP contribution in [-0.2, 0) is 6.54 Å².